The minimum Gasteiger partial charge on any atom is -1.00 e. The summed E-state index contributed by atoms with van der Waals surface area (Å²) in [7, 11) is 1.53. The molecule has 0 heterocycles. The zero-order valence-electron chi connectivity index (χ0n) is 6.67. The monoisotopic (exact) mass is 191 g/mol. The van der Waals surface area contributed by atoms with Crippen molar-refractivity contribution in [1.29, 1.82) is 5.26 Å². The number of halogens is 1. The Kier molecular flexibility index (Phi) is 8.50. The first kappa shape index (κ1) is 14.1. The van der Waals surface area contributed by atoms with Crippen molar-refractivity contribution in [3.8, 4) is 11.8 Å². The minimum absolute atomic E-state index is 0. The molecule has 0 fully saturated rings. The fraction of sp³-hybridized carbons (Fsp3) is 0.125. The second kappa shape index (κ2) is 7.23. The van der Waals surface area contributed by atoms with Gasteiger partial charge in [0.1, 0.15) is 0 Å². The van der Waals surface area contributed by atoms with Gasteiger partial charge in [0.25, 0.3) is 0 Å². The van der Waals surface area contributed by atoms with Crippen LogP contribution in [0.2, 0.25) is 0 Å². The molecule has 0 atom stereocenters. The predicted molar refractivity (Wildman–Crippen MR) is 42.3 cm³/mol. The van der Waals surface area contributed by atoms with Crippen molar-refractivity contribution in [2.75, 3.05) is 7.11 Å². The molecule has 2 nitrogen and oxygen atoms in total. The van der Waals surface area contributed by atoms with Crippen LogP contribution in [0.4, 0.5) is 0 Å². The Morgan fingerprint density at radius 2 is 2.25 bits per heavy atom. The van der Waals surface area contributed by atoms with Gasteiger partial charge in [-0.3, -0.25) is 0 Å². The molecule has 0 amide bonds. The minimum atomic E-state index is 0. The van der Waals surface area contributed by atoms with Gasteiger partial charge in [-0.2, -0.15) is 17.4 Å². The second-order valence-corrected chi connectivity index (χ2v) is 1.74. The molecule has 58 valence electrons. The van der Waals surface area contributed by atoms with Gasteiger partial charge in [0.05, 0.1) is 13.2 Å². The molecule has 0 radical (unpaired) electrons. The number of hydrogen-bond acceptors (Lipinski definition) is 2. The Bertz CT molecular complexity index is 272. The van der Waals surface area contributed by atoms with Crippen LogP contribution in [0.3, 0.4) is 0 Å². The molecular weight excluding hydrogens is 186 g/mol. The van der Waals surface area contributed by atoms with Crippen molar-refractivity contribution in [2.45, 2.75) is 0 Å². The molecule has 1 aromatic rings. The fourth-order valence-electron chi connectivity index (χ4n) is 0.676. The van der Waals surface area contributed by atoms with Crippen LogP contribution in [-0.4, -0.2) is 30.2 Å². The van der Waals surface area contributed by atoms with Crippen molar-refractivity contribution >= 4 is 23.1 Å². The third kappa shape index (κ3) is 3.31. The molecule has 1 aromatic carbocycles. The van der Waals surface area contributed by atoms with Crippen LogP contribution in [0.15, 0.2) is 18.2 Å². The molecule has 0 saturated heterocycles. The number of rotatable bonds is 1. The number of benzene rings is 1. The average Bonchev–Trinajstić information content (AvgIpc) is 2.04. The molecular formula is C8H6ClMgNO. The summed E-state index contributed by atoms with van der Waals surface area (Å²) in [5.41, 5.74) is 0.543. The molecule has 4 heteroatoms. The van der Waals surface area contributed by atoms with Gasteiger partial charge in [-0.15, -0.1) is 12.1 Å². The summed E-state index contributed by atoms with van der Waals surface area (Å²) in [6.07, 6.45) is 0. The van der Waals surface area contributed by atoms with Crippen LogP contribution in [0.5, 0.6) is 5.75 Å². The van der Waals surface area contributed by atoms with E-state index in [-0.39, 0.29) is 35.5 Å². The first-order valence-electron chi connectivity index (χ1n) is 2.82. The molecule has 12 heavy (non-hydrogen) atoms. The van der Waals surface area contributed by atoms with Gasteiger partial charge in [0.15, 0.2) is 0 Å². The predicted octanol–water partition coefficient (Wildman–Crippen LogP) is -2.01. The number of ether oxygens (including phenoxy) is 1. The van der Waals surface area contributed by atoms with Gasteiger partial charge in [-0.1, -0.05) is 0 Å². The average molecular weight is 192 g/mol. The van der Waals surface area contributed by atoms with Gasteiger partial charge < -0.3 is 17.1 Å². The van der Waals surface area contributed by atoms with Gasteiger partial charge in [0, 0.05) is 5.75 Å². The SMILES string of the molecule is COc1c[c-]ccc1C#N.[Cl-].[Mg+2]. The zero-order valence-corrected chi connectivity index (χ0v) is 8.84. The quantitative estimate of drug-likeness (QED) is 0.380. The Labute approximate surface area is 94.1 Å². The van der Waals surface area contributed by atoms with E-state index in [9.17, 15) is 0 Å². The molecule has 0 unspecified atom stereocenters. The number of hydrogen-bond donors (Lipinski definition) is 0. The largest absolute Gasteiger partial charge is 2.00 e. The van der Waals surface area contributed by atoms with E-state index in [1.165, 1.54) is 7.11 Å². The van der Waals surface area contributed by atoms with Crippen LogP contribution in [0.25, 0.3) is 0 Å². The zero-order chi connectivity index (χ0) is 7.40. The summed E-state index contributed by atoms with van der Waals surface area (Å²) in [4.78, 5) is 0. The third-order valence-corrected chi connectivity index (χ3v) is 1.17. The summed E-state index contributed by atoms with van der Waals surface area (Å²) in [5, 5.41) is 8.51. The van der Waals surface area contributed by atoms with Crippen LogP contribution in [-0.2, 0) is 0 Å². The molecule has 0 aliphatic heterocycles. The molecule has 0 N–H and O–H groups in total. The van der Waals surface area contributed by atoms with Crippen molar-refractivity contribution in [2.24, 2.45) is 0 Å². The van der Waals surface area contributed by atoms with E-state index in [1.807, 2.05) is 6.07 Å². The fourth-order valence-corrected chi connectivity index (χ4v) is 0.676. The van der Waals surface area contributed by atoms with E-state index in [2.05, 4.69) is 6.07 Å². The summed E-state index contributed by atoms with van der Waals surface area (Å²) in [5.74, 6) is 0.574. The van der Waals surface area contributed by atoms with Gasteiger partial charge >= 0.3 is 23.1 Å². The number of nitriles is 1. The Morgan fingerprint density at radius 3 is 2.67 bits per heavy atom. The molecule has 0 aromatic heterocycles. The van der Waals surface area contributed by atoms with E-state index in [4.69, 9.17) is 10.00 Å². The molecule has 0 spiro atoms. The molecule has 0 aliphatic rings. The standard InChI is InChI=1S/C8H6NO.ClH.Mg/c1-10-8-5-3-2-4-7(8)6-9;;/h2,4-5H,1H3;1H;/q-1;;+2/p-1. The normalized spacial score (nSPS) is 7.00. The third-order valence-electron chi connectivity index (χ3n) is 1.17. The maximum atomic E-state index is 8.51. The maximum Gasteiger partial charge on any atom is 2.00 e. The Hall–Kier alpha value is -0.434. The summed E-state index contributed by atoms with van der Waals surface area (Å²) in [6.45, 7) is 0. The van der Waals surface area contributed by atoms with E-state index in [1.54, 1.807) is 18.2 Å². The van der Waals surface area contributed by atoms with Gasteiger partial charge in [-0.05, 0) is 5.56 Å². The van der Waals surface area contributed by atoms with Crippen molar-refractivity contribution in [3.63, 3.8) is 0 Å². The summed E-state index contributed by atoms with van der Waals surface area (Å²) < 4.78 is 4.88. The Morgan fingerprint density at radius 1 is 1.58 bits per heavy atom. The first-order chi connectivity index (χ1) is 4.88. The summed E-state index contributed by atoms with van der Waals surface area (Å²) >= 11 is 0. The van der Waals surface area contributed by atoms with Crippen LogP contribution in [0.1, 0.15) is 5.56 Å². The van der Waals surface area contributed by atoms with Crippen molar-refractivity contribution in [3.05, 3.63) is 29.8 Å². The molecule has 0 bridgehead atoms. The molecule has 0 saturated carbocycles. The van der Waals surface area contributed by atoms with E-state index >= 15 is 0 Å². The number of nitrogens with zero attached hydrogens (tertiary/aromatic N) is 1. The smallest absolute Gasteiger partial charge is 1.00 e. The topological polar surface area (TPSA) is 33.0 Å². The first-order valence-corrected chi connectivity index (χ1v) is 2.82. The van der Waals surface area contributed by atoms with Gasteiger partial charge in [0.2, 0.25) is 0 Å². The van der Waals surface area contributed by atoms with E-state index in [0.717, 1.165) is 0 Å². The second-order valence-electron chi connectivity index (χ2n) is 1.74. The maximum absolute atomic E-state index is 8.51. The Balaban J connectivity index is 0. The van der Waals surface area contributed by atoms with Gasteiger partial charge in [-0.25, -0.2) is 0 Å². The molecule has 0 aliphatic carbocycles. The van der Waals surface area contributed by atoms with Crippen LogP contribution in [0, 0.1) is 17.4 Å². The van der Waals surface area contributed by atoms with E-state index in [0.29, 0.717) is 11.3 Å². The van der Waals surface area contributed by atoms with Crippen LogP contribution < -0.4 is 17.1 Å². The van der Waals surface area contributed by atoms with Crippen molar-refractivity contribution in [1.82, 2.24) is 0 Å². The summed E-state index contributed by atoms with van der Waals surface area (Å²) in [6, 6.07) is 9.80. The molecule has 1 rings (SSSR count). The van der Waals surface area contributed by atoms with Crippen LogP contribution >= 0.6 is 0 Å². The van der Waals surface area contributed by atoms with Crippen molar-refractivity contribution < 1.29 is 17.1 Å². The number of methoxy groups -OCH3 is 1. The van der Waals surface area contributed by atoms with E-state index < -0.39 is 0 Å².